The standard InChI is InChI=1S/C16H16N2O2S/c1-12-3-4-13(2)16(11-12)18-21(19,20)15-7-5-14(6-8-15)9-10-17/h3-8,11,18H,9H2,1-2H3. The predicted molar refractivity (Wildman–Crippen MR) is 82.5 cm³/mol. The van der Waals surface area contributed by atoms with Crippen molar-refractivity contribution in [1.82, 2.24) is 0 Å². The Morgan fingerprint density at radius 2 is 1.76 bits per heavy atom. The summed E-state index contributed by atoms with van der Waals surface area (Å²) < 4.78 is 27.3. The molecule has 21 heavy (non-hydrogen) atoms. The van der Waals surface area contributed by atoms with Gasteiger partial charge in [-0.3, -0.25) is 4.72 Å². The van der Waals surface area contributed by atoms with Crippen LogP contribution in [0.15, 0.2) is 47.4 Å². The first kappa shape index (κ1) is 15.1. The summed E-state index contributed by atoms with van der Waals surface area (Å²) in [6.07, 6.45) is 0.269. The molecule has 0 fully saturated rings. The number of rotatable bonds is 4. The molecule has 2 aromatic rings. The van der Waals surface area contributed by atoms with Crippen LogP contribution in [0.4, 0.5) is 5.69 Å². The zero-order chi connectivity index (χ0) is 15.5. The Kier molecular flexibility index (Phi) is 4.29. The van der Waals surface area contributed by atoms with Crippen LogP contribution in [-0.2, 0) is 16.4 Å². The fraction of sp³-hybridized carbons (Fsp3) is 0.188. The maximum atomic E-state index is 12.4. The highest BCUT2D eigenvalue weighted by atomic mass is 32.2. The number of sulfonamides is 1. The second-order valence-corrected chi connectivity index (χ2v) is 6.59. The molecule has 0 saturated carbocycles. The molecule has 0 aromatic heterocycles. The van der Waals surface area contributed by atoms with E-state index in [-0.39, 0.29) is 11.3 Å². The van der Waals surface area contributed by atoms with Crippen LogP contribution in [0.3, 0.4) is 0 Å². The lowest BCUT2D eigenvalue weighted by Gasteiger charge is -2.11. The summed E-state index contributed by atoms with van der Waals surface area (Å²) in [4.78, 5) is 0.185. The fourth-order valence-corrected chi connectivity index (χ4v) is 3.05. The lowest BCUT2D eigenvalue weighted by atomic mass is 10.1. The summed E-state index contributed by atoms with van der Waals surface area (Å²) >= 11 is 0. The molecule has 1 N–H and O–H groups in total. The lowest BCUT2D eigenvalue weighted by Crippen LogP contribution is -2.13. The van der Waals surface area contributed by atoms with Gasteiger partial charge in [-0.25, -0.2) is 8.42 Å². The van der Waals surface area contributed by atoms with Gasteiger partial charge in [-0.05, 0) is 48.7 Å². The summed E-state index contributed by atoms with van der Waals surface area (Å²) in [5.41, 5.74) is 3.23. The van der Waals surface area contributed by atoms with Crippen molar-refractivity contribution in [3.05, 3.63) is 59.2 Å². The largest absolute Gasteiger partial charge is 0.279 e. The Morgan fingerprint density at radius 3 is 2.38 bits per heavy atom. The van der Waals surface area contributed by atoms with E-state index < -0.39 is 10.0 Å². The van der Waals surface area contributed by atoms with E-state index in [4.69, 9.17) is 5.26 Å². The molecule has 2 rings (SSSR count). The van der Waals surface area contributed by atoms with E-state index in [0.717, 1.165) is 16.7 Å². The average molecular weight is 300 g/mol. The van der Waals surface area contributed by atoms with Gasteiger partial charge in [0.15, 0.2) is 0 Å². The van der Waals surface area contributed by atoms with Gasteiger partial charge in [0.25, 0.3) is 10.0 Å². The zero-order valence-electron chi connectivity index (χ0n) is 11.9. The quantitative estimate of drug-likeness (QED) is 0.942. The number of aryl methyl sites for hydroxylation is 2. The molecule has 0 heterocycles. The number of anilines is 1. The molecule has 0 bridgehead atoms. The first-order valence-corrected chi connectivity index (χ1v) is 7.96. The maximum Gasteiger partial charge on any atom is 0.261 e. The number of nitriles is 1. The van der Waals surface area contributed by atoms with Gasteiger partial charge < -0.3 is 0 Å². The first-order chi connectivity index (χ1) is 9.92. The van der Waals surface area contributed by atoms with Crippen LogP contribution in [-0.4, -0.2) is 8.42 Å². The minimum absolute atomic E-state index is 0.185. The molecule has 0 spiro atoms. The van der Waals surface area contributed by atoms with Gasteiger partial charge in [0.05, 0.1) is 23.1 Å². The molecular weight excluding hydrogens is 284 g/mol. The first-order valence-electron chi connectivity index (χ1n) is 6.48. The van der Waals surface area contributed by atoms with Crippen LogP contribution in [0.2, 0.25) is 0 Å². The molecule has 2 aromatic carbocycles. The van der Waals surface area contributed by atoms with E-state index in [1.807, 2.05) is 32.0 Å². The molecule has 108 valence electrons. The van der Waals surface area contributed by atoms with Crippen LogP contribution >= 0.6 is 0 Å². The van der Waals surface area contributed by atoms with Crippen molar-refractivity contribution >= 4 is 15.7 Å². The van der Waals surface area contributed by atoms with Crippen molar-refractivity contribution in [2.75, 3.05) is 4.72 Å². The lowest BCUT2D eigenvalue weighted by molar-refractivity contribution is 0.601. The van der Waals surface area contributed by atoms with Gasteiger partial charge in [0, 0.05) is 0 Å². The normalized spacial score (nSPS) is 10.9. The summed E-state index contributed by atoms with van der Waals surface area (Å²) in [7, 11) is -3.62. The SMILES string of the molecule is Cc1ccc(C)c(NS(=O)(=O)c2ccc(CC#N)cc2)c1. The average Bonchev–Trinajstić information content (AvgIpc) is 2.44. The Morgan fingerprint density at radius 1 is 1.10 bits per heavy atom. The van der Waals surface area contributed by atoms with E-state index in [1.54, 1.807) is 18.2 Å². The Balaban J connectivity index is 2.30. The van der Waals surface area contributed by atoms with Crippen LogP contribution in [0.25, 0.3) is 0 Å². The Labute approximate surface area is 125 Å². The van der Waals surface area contributed by atoms with Crippen molar-refractivity contribution in [1.29, 1.82) is 5.26 Å². The smallest absolute Gasteiger partial charge is 0.261 e. The van der Waals surface area contributed by atoms with Crippen LogP contribution < -0.4 is 4.72 Å². The summed E-state index contributed by atoms with van der Waals surface area (Å²) in [6.45, 7) is 3.77. The highest BCUT2D eigenvalue weighted by Gasteiger charge is 2.15. The monoisotopic (exact) mass is 300 g/mol. The van der Waals surface area contributed by atoms with Gasteiger partial charge >= 0.3 is 0 Å². The maximum absolute atomic E-state index is 12.4. The summed E-state index contributed by atoms with van der Waals surface area (Å²) in [5.74, 6) is 0. The summed E-state index contributed by atoms with van der Waals surface area (Å²) in [5, 5.41) is 8.62. The van der Waals surface area contributed by atoms with Gasteiger partial charge in [-0.2, -0.15) is 5.26 Å². The Bertz CT molecular complexity index is 788. The minimum atomic E-state index is -3.62. The zero-order valence-corrected chi connectivity index (χ0v) is 12.7. The number of nitrogens with zero attached hydrogens (tertiary/aromatic N) is 1. The third kappa shape index (κ3) is 3.61. The molecule has 5 heteroatoms. The molecule has 0 amide bonds. The molecule has 0 aliphatic carbocycles. The fourth-order valence-electron chi connectivity index (χ4n) is 1.93. The number of benzene rings is 2. The van der Waals surface area contributed by atoms with Crippen LogP contribution in [0.5, 0.6) is 0 Å². The van der Waals surface area contributed by atoms with Crippen molar-refractivity contribution in [2.45, 2.75) is 25.2 Å². The highest BCUT2D eigenvalue weighted by Crippen LogP contribution is 2.21. The second kappa shape index (κ2) is 5.98. The van der Waals surface area contributed by atoms with Crippen molar-refractivity contribution < 1.29 is 8.42 Å². The topological polar surface area (TPSA) is 70.0 Å². The van der Waals surface area contributed by atoms with Gasteiger partial charge in [0.2, 0.25) is 0 Å². The molecule has 0 unspecified atom stereocenters. The molecule has 0 aliphatic rings. The van der Waals surface area contributed by atoms with Crippen molar-refractivity contribution in [3.8, 4) is 6.07 Å². The minimum Gasteiger partial charge on any atom is -0.279 e. The predicted octanol–water partition coefficient (Wildman–Crippen LogP) is 3.17. The van der Waals surface area contributed by atoms with E-state index in [1.165, 1.54) is 12.1 Å². The van der Waals surface area contributed by atoms with Crippen LogP contribution in [0.1, 0.15) is 16.7 Å². The van der Waals surface area contributed by atoms with Gasteiger partial charge in [0.1, 0.15) is 0 Å². The van der Waals surface area contributed by atoms with E-state index in [0.29, 0.717) is 5.69 Å². The molecule has 0 saturated heterocycles. The van der Waals surface area contributed by atoms with Crippen LogP contribution in [0, 0.1) is 25.2 Å². The van der Waals surface area contributed by atoms with E-state index in [9.17, 15) is 8.42 Å². The van der Waals surface area contributed by atoms with E-state index >= 15 is 0 Å². The second-order valence-electron chi connectivity index (χ2n) is 4.90. The molecule has 0 aliphatic heterocycles. The summed E-state index contributed by atoms with van der Waals surface area (Å²) in [6, 6.07) is 14.0. The molecule has 0 atom stereocenters. The number of nitrogens with one attached hydrogen (secondary N) is 1. The number of hydrogen-bond donors (Lipinski definition) is 1. The van der Waals surface area contributed by atoms with Gasteiger partial charge in [-0.1, -0.05) is 24.3 Å². The van der Waals surface area contributed by atoms with Gasteiger partial charge in [-0.15, -0.1) is 0 Å². The third-order valence-electron chi connectivity index (χ3n) is 3.15. The van der Waals surface area contributed by atoms with Crippen molar-refractivity contribution in [3.63, 3.8) is 0 Å². The van der Waals surface area contributed by atoms with Crippen molar-refractivity contribution in [2.24, 2.45) is 0 Å². The Hall–Kier alpha value is -2.32. The highest BCUT2D eigenvalue weighted by molar-refractivity contribution is 7.92. The third-order valence-corrected chi connectivity index (χ3v) is 4.54. The van der Waals surface area contributed by atoms with E-state index in [2.05, 4.69) is 4.72 Å². The number of hydrogen-bond acceptors (Lipinski definition) is 3. The molecule has 4 nitrogen and oxygen atoms in total. The molecular formula is C16H16N2O2S. The molecule has 0 radical (unpaired) electrons.